The van der Waals surface area contributed by atoms with Gasteiger partial charge >= 0.3 is 5.97 Å². The summed E-state index contributed by atoms with van der Waals surface area (Å²) in [7, 11) is 1.33. The zero-order valence-corrected chi connectivity index (χ0v) is 16.6. The molecule has 3 rings (SSSR count). The van der Waals surface area contributed by atoms with Crippen LogP contribution in [-0.2, 0) is 4.74 Å². The van der Waals surface area contributed by atoms with Crippen molar-refractivity contribution in [2.45, 2.75) is 19.8 Å². The minimum atomic E-state index is -0.435. The van der Waals surface area contributed by atoms with Crippen molar-refractivity contribution in [2.24, 2.45) is 0 Å². The molecule has 2 N–H and O–H groups in total. The summed E-state index contributed by atoms with van der Waals surface area (Å²) in [5, 5.41) is 6.85. The third-order valence-corrected chi connectivity index (χ3v) is 4.46. The molecule has 1 heterocycles. The van der Waals surface area contributed by atoms with Crippen molar-refractivity contribution in [2.75, 3.05) is 17.7 Å². The molecule has 0 unspecified atom stereocenters. The molecule has 0 amide bonds. The summed E-state index contributed by atoms with van der Waals surface area (Å²) in [6, 6.07) is 14.6. The summed E-state index contributed by atoms with van der Waals surface area (Å²) in [5.74, 6) is 0.932. The van der Waals surface area contributed by atoms with E-state index in [0.717, 1.165) is 5.69 Å². The summed E-state index contributed by atoms with van der Waals surface area (Å²) in [6.45, 7) is 4.27. The van der Waals surface area contributed by atoms with Crippen LogP contribution in [0.5, 0.6) is 0 Å². The Bertz CT molecular complexity index is 992. The van der Waals surface area contributed by atoms with Crippen LogP contribution in [0, 0.1) is 0 Å². The highest BCUT2D eigenvalue weighted by atomic mass is 35.5. The van der Waals surface area contributed by atoms with Crippen molar-refractivity contribution in [1.82, 2.24) is 9.97 Å². The fourth-order valence-corrected chi connectivity index (χ4v) is 2.89. The van der Waals surface area contributed by atoms with Gasteiger partial charge in [-0.1, -0.05) is 43.6 Å². The lowest BCUT2D eigenvalue weighted by molar-refractivity contribution is 0.0601. The molecule has 0 aliphatic heterocycles. The standard InChI is InChI=1S/C21H21ClN4O2/c1-13(2)15-6-4-5-7-17(15)25-21-23-11-10-19(26-21)24-18-12-14(20(27)28-3)8-9-16(18)22/h4-13H,1-3H3,(H2,23,24,25,26). The molecule has 6 nitrogen and oxygen atoms in total. The number of methoxy groups -OCH3 is 1. The summed E-state index contributed by atoms with van der Waals surface area (Å²) < 4.78 is 4.75. The SMILES string of the molecule is COC(=O)c1ccc(Cl)c(Nc2ccnc(Nc3ccccc3C(C)C)n2)c1. The van der Waals surface area contributed by atoms with Gasteiger partial charge in [-0.15, -0.1) is 0 Å². The first-order valence-electron chi connectivity index (χ1n) is 8.82. The molecular formula is C21H21ClN4O2. The molecule has 0 radical (unpaired) electrons. The number of rotatable bonds is 6. The van der Waals surface area contributed by atoms with Crippen LogP contribution >= 0.6 is 11.6 Å². The molecule has 0 saturated carbocycles. The third-order valence-electron chi connectivity index (χ3n) is 4.14. The largest absolute Gasteiger partial charge is 0.465 e. The van der Waals surface area contributed by atoms with E-state index in [1.807, 2.05) is 18.2 Å². The third kappa shape index (κ3) is 4.58. The molecule has 28 heavy (non-hydrogen) atoms. The Morgan fingerprint density at radius 1 is 1.07 bits per heavy atom. The molecule has 0 aliphatic rings. The molecule has 0 aliphatic carbocycles. The van der Waals surface area contributed by atoms with Gasteiger partial charge in [0.15, 0.2) is 0 Å². The normalized spacial score (nSPS) is 10.6. The minimum Gasteiger partial charge on any atom is -0.465 e. The van der Waals surface area contributed by atoms with Crippen LogP contribution < -0.4 is 10.6 Å². The Labute approximate surface area is 168 Å². The number of carbonyl (C=O) groups is 1. The molecule has 144 valence electrons. The first kappa shape index (κ1) is 19.6. The van der Waals surface area contributed by atoms with Gasteiger partial charge in [-0.3, -0.25) is 0 Å². The zero-order valence-electron chi connectivity index (χ0n) is 15.9. The van der Waals surface area contributed by atoms with E-state index in [-0.39, 0.29) is 0 Å². The maximum absolute atomic E-state index is 11.7. The van der Waals surface area contributed by atoms with Gasteiger partial charge in [0.25, 0.3) is 0 Å². The average Bonchev–Trinajstić information content (AvgIpc) is 2.69. The van der Waals surface area contributed by atoms with Crippen LogP contribution in [0.3, 0.4) is 0 Å². The second kappa shape index (κ2) is 8.71. The van der Waals surface area contributed by atoms with E-state index < -0.39 is 5.97 Å². The number of ether oxygens (including phenoxy) is 1. The van der Waals surface area contributed by atoms with Crippen LogP contribution in [0.2, 0.25) is 5.02 Å². The summed E-state index contributed by atoms with van der Waals surface area (Å²) in [4.78, 5) is 20.5. The number of carbonyl (C=O) groups excluding carboxylic acids is 1. The van der Waals surface area contributed by atoms with Gasteiger partial charge in [0.2, 0.25) is 5.95 Å². The number of halogens is 1. The van der Waals surface area contributed by atoms with Gasteiger partial charge in [-0.2, -0.15) is 4.98 Å². The lowest BCUT2D eigenvalue weighted by Gasteiger charge is -2.14. The Hall–Kier alpha value is -3.12. The van der Waals surface area contributed by atoms with Crippen molar-refractivity contribution in [1.29, 1.82) is 0 Å². The number of aromatic nitrogens is 2. The van der Waals surface area contributed by atoms with Crippen LogP contribution in [-0.4, -0.2) is 23.0 Å². The smallest absolute Gasteiger partial charge is 0.337 e. The van der Waals surface area contributed by atoms with Gasteiger partial charge < -0.3 is 15.4 Å². The second-order valence-electron chi connectivity index (χ2n) is 6.44. The lowest BCUT2D eigenvalue weighted by Crippen LogP contribution is -2.04. The van der Waals surface area contributed by atoms with Crippen LogP contribution in [0.4, 0.5) is 23.1 Å². The minimum absolute atomic E-state index is 0.366. The fourth-order valence-electron chi connectivity index (χ4n) is 2.73. The molecule has 0 spiro atoms. The van der Waals surface area contributed by atoms with Crippen molar-refractivity contribution in [3.63, 3.8) is 0 Å². The van der Waals surface area contributed by atoms with Crippen molar-refractivity contribution >= 4 is 40.7 Å². The molecule has 3 aromatic rings. The van der Waals surface area contributed by atoms with E-state index >= 15 is 0 Å². The summed E-state index contributed by atoms with van der Waals surface area (Å²) >= 11 is 6.25. The Morgan fingerprint density at radius 2 is 1.86 bits per heavy atom. The Balaban J connectivity index is 1.84. The maximum atomic E-state index is 11.7. The number of esters is 1. The number of anilines is 4. The molecule has 2 aromatic carbocycles. The van der Waals surface area contributed by atoms with Crippen molar-refractivity contribution < 1.29 is 9.53 Å². The zero-order chi connectivity index (χ0) is 20.1. The topological polar surface area (TPSA) is 76.1 Å². The van der Waals surface area contributed by atoms with Gasteiger partial charge in [0, 0.05) is 11.9 Å². The van der Waals surface area contributed by atoms with E-state index in [0.29, 0.717) is 34.0 Å². The number of benzene rings is 2. The maximum Gasteiger partial charge on any atom is 0.337 e. The van der Waals surface area contributed by atoms with Gasteiger partial charge in [-0.05, 0) is 41.8 Å². The van der Waals surface area contributed by atoms with Crippen LogP contribution in [0.1, 0.15) is 35.7 Å². The van der Waals surface area contributed by atoms with E-state index in [1.165, 1.54) is 12.7 Å². The molecule has 0 atom stereocenters. The molecule has 0 saturated heterocycles. The first-order chi connectivity index (χ1) is 13.5. The number of nitrogens with one attached hydrogen (secondary N) is 2. The highest BCUT2D eigenvalue weighted by Crippen LogP contribution is 2.28. The van der Waals surface area contributed by atoms with Crippen LogP contribution in [0.15, 0.2) is 54.7 Å². The monoisotopic (exact) mass is 396 g/mol. The molecule has 0 fully saturated rings. The first-order valence-corrected chi connectivity index (χ1v) is 9.19. The van der Waals surface area contributed by atoms with Gasteiger partial charge in [0.1, 0.15) is 5.82 Å². The Morgan fingerprint density at radius 3 is 2.61 bits per heavy atom. The number of hydrogen-bond acceptors (Lipinski definition) is 6. The fraction of sp³-hybridized carbons (Fsp3) is 0.190. The highest BCUT2D eigenvalue weighted by Gasteiger charge is 2.11. The predicted molar refractivity (Wildman–Crippen MR) is 112 cm³/mol. The molecule has 7 heteroatoms. The average molecular weight is 397 g/mol. The molecule has 0 bridgehead atoms. The highest BCUT2D eigenvalue weighted by molar-refractivity contribution is 6.33. The second-order valence-corrected chi connectivity index (χ2v) is 6.85. The number of nitrogens with zero attached hydrogens (tertiary/aromatic N) is 2. The van der Waals surface area contributed by atoms with Crippen molar-refractivity contribution in [3.8, 4) is 0 Å². The van der Waals surface area contributed by atoms with E-state index in [4.69, 9.17) is 16.3 Å². The molecule has 1 aromatic heterocycles. The predicted octanol–water partition coefficient (Wildman–Crippen LogP) is 5.53. The number of hydrogen-bond donors (Lipinski definition) is 2. The summed E-state index contributed by atoms with van der Waals surface area (Å²) in [6.07, 6.45) is 1.65. The quantitative estimate of drug-likeness (QED) is 0.533. The van der Waals surface area contributed by atoms with E-state index in [2.05, 4.69) is 40.5 Å². The van der Waals surface area contributed by atoms with Gasteiger partial charge in [0.05, 0.1) is 23.4 Å². The van der Waals surface area contributed by atoms with Crippen molar-refractivity contribution in [3.05, 3.63) is 70.9 Å². The van der Waals surface area contributed by atoms with Crippen LogP contribution in [0.25, 0.3) is 0 Å². The van der Waals surface area contributed by atoms with E-state index in [9.17, 15) is 4.79 Å². The lowest BCUT2D eigenvalue weighted by atomic mass is 10.0. The van der Waals surface area contributed by atoms with Gasteiger partial charge in [-0.25, -0.2) is 9.78 Å². The number of para-hydroxylation sites is 1. The Kier molecular flexibility index (Phi) is 6.11. The summed E-state index contributed by atoms with van der Waals surface area (Å²) in [5.41, 5.74) is 3.09. The van der Waals surface area contributed by atoms with E-state index in [1.54, 1.807) is 30.5 Å². The molecular weight excluding hydrogens is 376 g/mol.